The maximum absolute atomic E-state index is 9.90. The van der Waals surface area contributed by atoms with E-state index < -0.39 is 14.9 Å². The van der Waals surface area contributed by atoms with Crippen molar-refractivity contribution in [3.63, 3.8) is 0 Å². The molecule has 1 unspecified atom stereocenters. The Morgan fingerprint density at radius 2 is 1.70 bits per heavy atom. The number of rotatable bonds is 12. The first-order valence-corrected chi connectivity index (χ1v) is 10.1. The van der Waals surface area contributed by atoms with Gasteiger partial charge in [-0.2, -0.15) is 0 Å². The summed E-state index contributed by atoms with van der Waals surface area (Å²) in [5, 5.41) is 9.90. The molecular formula is C17H29O5Si-. The standard InChI is InChI=1S/C17H29O5Si/c1-19-23(20-2,21-3)13-9-5-8-12-17(18)15-22-14-16-10-6-4-7-11-16/h4-7,9-11,17-18,23H,8,12-15H2,1-3H3/q-1/b9-5+. The molecule has 0 aliphatic carbocycles. The van der Waals surface area contributed by atoms with Crippen molar-refractivity contribution in [2.24, 2.45) is 0 Å². The summed E-state index contributed by atoms with van der Waals surface area (Å²) < 4.78 is 21.6. The second kappa shape index (κ2) is 11.5. The van der Waals surface area contributed by atoms with Gasteiger partial charge in [0.05, 0.1) is 0 Å². The van der Waals surface area contributed by atoms with Crippen molar-refractivity contribution in [3.05, 3.63) is 48.0 Å². The van der Waals surface area contributed by atoms with Crippen LogP contribution in [0.15, 0.2) is 42.5 Å². The Labute approximate surface area is 140 Å². The SMILES string of the molecule is CO[SiH-](C/C=C/CCC(O)COCc1ccccc1)(OC)OC. The third kappa shape index (κ3) is 7.87. The number of aliphatic hydroxyl groups excluding tert-OH is 1. The van der Waals surface area contributed by atoms with Crippen LogP contribution in [0.2, 0.25) is 6.04 Å². The van der Waals surface area contributed by atoms with Crippen molar-refractivity contribution in [3.8, 4) is 0 Å². The van der Waals surface area contributed by atoms with Gasteiger partial charge in [0.25, 0.3) is 0 Å². The van der Waals surface area contributed by atoms with E-state index in [9.17, 15) is 5.11 Å². The molecule has 0 fully saturated rings. The summed E-state index contributed by atoms with van der Waals surface area (Å²) in [5.41, 5.74) is 1.11. The van der Waals surface area contributed by atoms with Crippen LogP contribution >= 0.6 is 0 Å². The van der Waals surface area contributed by atoms with Crippen LogP contribution in [0.25, 0.3) is 0 Å². The summed E-state index contributed by atoms with van der Waals surface area (Å²) in [5.74, 6) is 0. The van der Waals surface area contributed by atoms with Crippen LogP contribution in [0.3, 0.4) is 0 Å². The Hall–Kier alpha value is -1.02. The fourth-order valence-corrected chi connectivity index (χ4v) is 3.90. The van der Waals surface area contributed by atoms with Crippen molar-refractivity contribution >= 4 is 8.80 Å². The van der Waals surface area contributed by atoms with Crippen LogP contribution in [0.4, 0.5) is 0 Å². The third-order valence-corrected chi connectivity index (χ3v) is 6.76. The molecule has 23 heavy (non-hydrogen) atoms. The van der Waals surface area contributed by atoms with Crippen LogP contribution in [-0.2, 0) is 24.6 Å². The third-order valence-electron chi connectivity index (χ3n) is 3.76. The first-order chi connectivity index (χ1) is 11.2. The van der Waals surface area contributed by atoms with E-state index in [1.807, 2.05) is 42.5 Å². The molecule has 0 bridgehead atoms. The molecule has 0 spiro atoms. The molecule has 1 N–H and O–H groups in total. The van der Waals surface area contributed by atoms with E-state index in [0.717, 1.165) is 12.0 Å². The Morgan fingerprint density at radius 1 is 1.04 bits per heavy atom. The van der Waals surface area contributed by atoms with Gasteiger partial charge in [0.15, 0.2) is 0 Å². The molecule has 0 aliphatic rings. The molecule has 0 aromatic heterocycles. The molecular weight excluding hydrogens is 312 g/mol. The molecule has 6 heteroatoms. The Bertz CT molecular complexity index is 426. The van der Waals surface area contributed by atoms with Gasteiger partial charge in [-0.3, -0.25) is 0 Å². The van der Waals surface area contributed by atoms with Gasteiger partial charge >= 0.3 is 133 Å². The molecule has 1 rings (SSSR count). The van der Waals surface area contributed by atoms with Crippen molar-refractivity contribution in [2.75, 3.05) is 27.9 Å². The first kappa shape index (κ1) is 20.0. The number of hydrogen-bond donors (Lipinski definition) is 1. The van der Waals surface area contributed by atoms with Gasteiger partial charge < -0.3 is 0 Å². The van der Waals surface area contributed by atoms with Crippen molar-refractivity contribution in [2.45, 2.75) is 31.6 Å². The monoisotopic (exact) mass is 341 g/mol. The zero-order valence-electron chi connectivity index (χ0n) is 14.3. The van der Waals surface area contributed by atoms with E-state index in [2.05, 4.69) is 0 Å². The van der Waals surface area contributed by atoms with Crippen LogP contribution in [0.1, 0.15) is 18.4 Å². The van der Waals surface area contributed by atoms with E-state index in [1.165, 1.54) is 0 Å². The molecule has 0 saturated heterocycles. The second-order valence-electron chi connectivity index (χ2n) is 5.43. The molecule has 0 saturated carbocycles. The minimum absolute atomic E-state index is 0.345. The maximum atomic E-state index is 9.90. The molecule has 0 aliphatic heterocycles. The molecule has 0 amide bonds. The number of ether oxygens (including phenoxy) is 1. The van der Waals surface area contributed by atoms with Gasteiger partial charge in [-0.15, -0.1) is 0 Å². The van der Waals surface area contributed by atoms with Gasteiger partial charge in [-0.25, -0.2) is 0 Å². The van der Waals surface area contributed by atoms with Crippen molar-refractivity contribution in [1.82, 2.24) is 0 Å². The Morgan fingerprint density at radius 3 is 2.30 bits per heavy atom. The number of hydrogen-bond acceptors (Lipinski definition) is 5. The molecule has 1 aromatic carbocycles. The summed E-state index contributed by atoms with van der Waals surface area (Å²) in [6, 6.07) is 10.6. The summed E-state index contributed by atoms with van der Waals surface area (Å²) >= 11 is 0. The van der Waals surface area contributed by atoms with Gasteiger partial charge in [0.2, 0.25) is 0 Å². The van der Waals surface area contributed by atoms with Crippen LogP contribution in [0.5, 0.6) is 0 Å². The summed E-state index contributed by atoms with van der Waals surface area (Å²) in [4.78, 5) is 0. The van der Waals surface area contributed by atoms with Gasteiger partial charge in [-0.1, -0.05) is 6.07 Å². The van der Waals surface area contributed by atoms with Gasteiger partial charge in [0.1, 0.15) is 0 Å². The average molecular weight is 342 g/mol. The van der Waals surface area contributed by atoms with Crippen LogP contribution < -0.4 is 0 Å². The fourth-order valence-electron chi connectivity index (χ4n) is 2.22. The summed E-state index contributed by atoms with van der Waals surface area (Å²) in [6.07, 6.45) is 5.00. The van der Waals surface area contributed by atoms with Crippen LogP contribution in [-0.4, -0.2) is 48.0 Å². The van der Waals surface area contributed by atoms with Crippen LogP contribution in [0, 0.1) is 0 Å². The second-order valence-corrected chi connectivity index (χ2v) is 8.90. The van der Waals surface area contributed by atoms with E-state index in [-0.39, 0.29) is 0 Å². The van der Waals surface area contributed by atoms with E-state index in [0.29, 0.717) is 25.7 Å². The Kier molecular flexibility index (Phi) is 10.0. The molecule has 5 nitrogen and oxygen atoms in total. The number of aliphatic hydroxyl groups is 1. The molecule has 0 heterocycles. The van der Waals surface area contributed by atoms with Crippen molar-refractivity contribution < 1.29 is 23.1 Å². The van der Waals surface area contributed by atoms with Gasteiger partial charge in [0, 0.05) is 0 Å². The first-order valence-electron chi connectivity index (χ1n) is 7.91. The minimum atomic E-state index is -2.83. The Balaban J connectivity index is 2.16. The van der Waals surface area contributed by atoms with Gasteiger partial charge in [-0.05, 0) is 0 Å². The molecule has 132 valence electrons. The van der Waals surface area contributed by atoms with E-state index in [4.69, 9.17) is 18.0 Å². The number of benzene rings is 1. The normalized spacial score (nSPS) is 14.3. The molecule has 1 atom stereocenters. The van der Waals surface area contributed by atoms with E-state index >= 15 is 0 Å². The summed E-state index contributed by atoms with van der Waals surface area (Å²) in [7, 11) is 2.01. The fraction of sp³-hybridized carbons (Fsp3) is 0.529. The molecule has 1 aromatic rings. The number of allylic oxidation sites excluding steroid dienone is 2. The zero-order chi connectivity index (χ0) is 17.0. The van der Waals surface area contributed by atoms with Crippen molar-refractivity contribution in [1.29, 1.82) is 0 Å². The average Bonchev–Trinajstić information content (AvgIpc) is 2.59. The zero-order valence-corrected chi connectivity index (χ0v) is 15.5. The quantitative estimate of drug-likeness (QED) is 0.468. The van der Waals surface area contributed by atoms with E-state index in [1.54, 1.807) is 21.3 Å². The predicted molar refractivity (Wildman–Crippen MR) is 93.5 cm³/mol. The topological polar surface area (TPSA) is 57.2 Å². The molecule has 0 radical (unpaired) electrons. The summed E-state index contributed by atoms with van der Waals surface area (Å²) in [6.45, 7) is 0.871. The predicted octanol–water partition coefficient (Wildman–Crippen LogP) is 2.51.